The van der Waals surface area contributed by atoms with Gasteiger partial charge in [-0.2, -0.15) is 0 Å². The Hall–Kier alpha value is -1.58. The molecule has 21 heavy (non-hydrogen) atoms. The molecule has 0 aromatic heterocycles. The lowest BCUT2D eigenvalue weighted by Crippen LogP contribution is -2.31. The number of nitrogens with zero attached hydrogens (tertiary/aromatic N) is 1. The molecule has 1 atom stereocenters. The van der Waals surface area contributed by atoms with E-state index in [9.17, 15) is 4.39 Å². The van der Waals surface area contributed by atoms with Crippen molar-refractivity contribution in [3.8, 4) is 0 Å². The summed E-state index contributed by atoms with van der Waals surface area (Å²) in [5, 5.41) is 0.125. The topological polar surface area (TPSA) is 29.3 Å². The van der Waals surface area contributed by atoms with Crippen molar-refractivity contribution in [2.45, 2.75) is 19.9 Å². The molecule has 0 spiro atoms. The van der Waals surface area contributed by atoms with Crippen LogP contribution in [0.25, 0.3) is 0 Å². The van der Waals surface area contributed by atoms with E-state index in [2.05, 4.69) is 18.2 Å². The molecule has 4 heteroatoms. The predicted octanol–water partition coefficient (Wildman–Crippen LogP) is 4.23. The van der Waals surface area contributed by atoms with E-state index in [0.717, 1.165) is 5.69 Å². The van der Waals surface area contributed by atoms with Gasteiger partial charge in [0, 0.05) is 24.8 Å². The van der Waals surface area contributed by atoms with Gasteiger partial charge in [0.25, 0.3) is 0 Å². The van der Waals surface area contributed by atoms with Crippen molar-refractivity contribution in [1.29, 1.82) is 0 Å². The van der Waals surface area contributed by atoms with Gasteiger partial charge in [-0.15, -0.1) is 0 Å². The standard InChI is InChI=1S/C17H20ClFN2/c1-11-7-12(2)9-13(8-11)21(3)16(10-20)14-5-4-6-15(18)17(14)19/h4-9,16H,10,20H2,1-3H3. The van der Waals surface area contributed by atoms with Crippen molar-refractivity contribution >= 4 is 17.3 Å². The summed E-state index contributed by atoms with van der Waals surface area (Å²) < 4.78 is 14.3. The summed E-state index contributed by atoms with van der Waals surface area (Å²) in [6, 6.07) is 11.0. The van der Waals surface area contributed by atoms with E-state index in [-0.39, 0.29) is 11.1 Å². The highest BCUT2D eigenvalue weighted by Gasteiger charge is 2.21. The summed E-state index contributed by atoms with van der Waals surface area (Å²) in [7, 11) is 1.92. The maximum absolute atomic E-state index is 14.3. The normalized spacial score (nSPS) is 12.3. The summed E-state index contributed by atoms with van der Waals surface area (Å²) in [4.78, 5) is 1.99. The van der Waals surface area contributed by atoms with E-state index in [4.69, 9.17) is 17.3 Å². The molecule has 0 radical (unpaired) electrons. The van der Waals surface area contributed by atoms with Crippen LogP contribution in [0.4, 0.5) is 10.1 Å². The molecular weight excluding hydrogens is 287 g/mol. The zero-order chi connectivity index (χ0) is 15.6. The number of likely N-dealkylation sites (N-methyl/N-ethyl adjacent to an activating group) is 1. The number of rotatable bonds is 4. The van der Waals surface area contributed by atoms with Crippen LogP contribution in [0.3, 0.4) is 0 Å². The van der Waals surface area contributed by atoms with Gasteiger partial charge in [0.05, 0.1) is 11.1 Å². The number of hydrogen-bond acceptors (Lipinski definition) is 2. The van der Waals surface area contributed by atoms with Crippen molar-refractivity contribution in [2.24, 2.45) is 5.73 Å². The molecule has 2 N–H and O–H groups in total. The van der Waals surface area contributed by atoms with E-state index in [1.54, 1.807) is 18.2 Å². The minimum atomic E-state index is -0.397. The molecule has 0 bridgehead atoms. The average molecular weight is 307 g/mol. The monoisotopic (exact) mass is 306 g/mol. The second kappa shape index (κ2) is 6.46. The van der Waals surface area contributed by atoms with Gasteiger partial charge in [-0.3, -0.25) is 0 Å². The fourth-order valence-electron chi connectivity index (χ4n) is 2.61. The van der Waals surface area contributed by atoms with Gasteiger partial charge in [0.15, 0.2) is 0 Å². The third-order valence-electron chi connectivity index (χ3n) is 3.64. The lowest BCUT2D eigenvalue weighted by Gasteiger charge is -2.30. The van der Waals surface area contributed by atoms with Crippen molar-refractivity contribution in [3.63, 3.8) is 0 Å². The minimum absolute atomic E-state index is 0.125. The number of hydrogen-bond donors (Lipinski definition) is 1. The second-order valence-corrected chi connectivity index (χ2v) is 5.76. The smallest absolute Gasteiger partial charge is 0.147 e. The van der Waals surface area contributed by atoms with Gasteiger partial charge in [0.2, 0.25) is 0 Å². The molecule has 0 amide bonds. The first kappa shape index (κ1) is 15.8. The van der Waals surface area contributed by atoms with Crippen LogP contribution in [0, 0.1) is 19.7 Å². The molecule has 0 aliphatic rings. The van der Waals surface area contributed by atoms with E-state index in [0.29, 0.717) is 12.1 Å². The van der Waals surface area contributed by atoms with Crippen LogP contribution in [0.1, 0.15) is 22.7 Å². The third-order valence-corrected chi connectivity index (χ3v) is 3.94. The van der Waals surface area contributed by atoms with E-state index < -0.39 is 5.82 Å². The van der Waals surface area contributed by atoms with Crippen LogP contribution in [-0.4, -0.2) is 13.6 Å². The molecule has 112 valence electrons. The van der Waals surface area contributed by atoms with Crippen LogP contribution >= 0.6 is 11.6 Å². The molecule has 2 aromatic carbocycles. The third kappa shape index (κ3) is 3.36. The van der Waals surface area contributed by atoms with Crippen LogP contribution < -0.4 is 10.6 Å². The Morgan fingerprint density at radius 2 is 1.81 bits per heavy atom. The zero-order valence-corrected chi connectivity index (χ0v) is 13.3. The predicted molar refractivity (Wildman–Crippen MR) is 87.5 cm³/mol. The van der Waals surface area contributed by atoms with Crippen LogP contribution in [-0.2, 0) is 0 Å². The van der Waals surface area contributed by atoms with Crippen molar-refractivity contribution in [3.05, 3.63) is 63.9 Å². The Morgan fingerprint density at radius 1 is 1.19 bits per heavy atom. The van der Waals surface area contributed by atoms with Crippen molar-refractivity contribution < 1.29 is 4.39 Å². The lowest BCUT2D eigenvalue weighted by atomic mass is 10.0. The summed E-state index contributed by atoms with van der Waals surface area (Å²) in [6.07, 6.45) is 0. The first-order valence-corrected chi connectivity index (χ1v) is 7.27. The van der Waals surface area contributed by atoms with Crippen LogP contribution in [0.15, 0.2) is 36.4 Å². The molecule has 0 heterocycles. The Labute approximate surface area is 130 Å². The van der Waals surface area contributed by atoms with Crippen LogP contribution in [0.5, 0.6) is 0 Å². The molecular formula is C17H20ClFN2. The summed E-state index contributed by atoms with van der Waals surface area (Å²) in [5.74, 6) is -0.397. The number of nitrogens with two attached hydrogens (primary N) is 1. The Morgan fingerprint density at radius 3 is 2.38 bits per heavy atom. The van der Waals surface area contributed by atoms with Crippen LogP contribution in [0.2, 0.25) is 5.02 Å². The molecule has 2 aromatic rings. The SMILES string of the molecule is Cc1cc(C)cc(N(C)C(CN)c2cccc(Cl)c2F)c1. The average Bonchev–Trinajstić information content (AvgIpc) is 2.43. The summed E-state index contributed by atoms with van der Waals surface area (Å²) >= 11 is 5.88. The molecule has 0 aliphatic heterocycles. The molecule has 2 rings (SSSR count). The summed E-state index contributed by atoms with van der Waals surface area (Å²) in [5.41, 5.74) is 9.75. The molecule has 0 saturated carbocycles. The minimum Gasteiger partial charge on any atom is -0.366 e. The largest absolute Gasteiger partial charge is 0.366 e. The van der Waals surface area contributed by atoms with E-state index >= 15 is 0 Å². The first-order valence-electron chi connectivity index (χ1n) is 6.89. The number of anilines is 1. The molecule has 0 fully saturated rings. The fraction of sp³-hybridized carbons (Fsp3) is 0.294. The van der Waals surface area contributed by atoms with E-state index in [1.165, 1.54) is 11.1 Å². The Bertz CT molecular complexity index is 622. The molecule has 0 aliphatic carbocycles. The Kier molecular flexibility index (Phi) is 4.86. The van der Waals surface area contributed by atoms with Gasteiger partial charge in [-0.05, 0) is 43.2 Å². The van der Waals surface area contributed by atoms with Crippen molar-refractivity contribution in [2.75, 3.05) is 18.5 Å². The highest BCUT2D eigenvalue weighted by molar-refractivity contribution is 6.30. The maximum Gasteiger partial charge on any atom is 0.147 e. The van der Waals surface area contributed by atoms with Gasteiger partial charge in [-0.25, -0.2) is 4.39 Å². The number of halogens is 2. The molecule has 1 unspecified atom stereocenters. The lowest BCUT2D eigenvalue weighted by molar-refractivity contribution is 0.573. The molecule has 2 nitrogen and oxygen atoms in total. The first-order chi connectivity index (χ1) is 9.93. The highest BCUT2D eigenvalue weighted by atomic mass is 35.5. The van der Waals surface area contributed by atoms with Gasteiger partial charge in [-0.1, -0.05) is 29.8 Å². The highest BCUT2D eigenvalue weighted by Crippen LogP contribution is 2.30. The van der Waals surface area contributed by atoms with Gasteiger partial charge in [0.1, 0.15) is 5.82 Å². The second-order valence-electron chi connectivity index (χ2n) is 5.35. The van der Waals surface area contributed by atoms with Crippen molar-refractivity contribution in [1.82, 2.24) is 0 Å². The number of aryl methyl sites for hydroxylation is 2. The number of benzene rings is 2. The zero-order valence-electron chi connectivity index (χ0n) is 12.5. The summed E-state index contributed by atoms with van der Waals surface area (Å²) in [6.45, 7) is 4.39. The quantitative estimate of drug-likeness (QED) is 0.916. The van der Waals surface area contributed by atoms with Gasteiger partial charge < -0.3 is 10.6 Å². The maximum atomic E-state index is 14.3. The Balaban J connectivity index is 2.43. The van der Waals surface area contributed by atoms with E-state index in [1.807, 2.05) is 25.8 Å². The van der Waals surface area contributed by atoms with Gasteiger partial charge >= 0.3 is 0 Å². The fourth-order valence-corrected chi connectivity index (χ4v) is 2.79. The molecule has 0 saturated heterocycles.